The fourth-order valence-electron chi connectivity index (χ4n) is 1.93. The summed E-state index contributed by atoms with van der Waals surface area (Å²) < 4.78 is 0. The van der Waals surface area contributed by atoms with Crippen molar-refractivity contribution in [3.63, 3.8) is 0 Å². The van der Waals surface area contributed by atoms with E-state index >= 15 is 0 Å². The van der Waals surface area contributed by atoms with Crippen LogP contribution in [-0.2, 0) is 16.0 Å². The molecule has 3 N–H and O–H groups in total. The Morgan fingerprint density at radius 2 is 2.33 bits per heavy atom. The van der Waals surface area contributed by atoms with Crippen LogP contribution >= 0.6 is 0 Å². The molecule has 0 aliphatic heterocycles. The Morgan fingerprint density at radius 1 is 1.61 bits per heavy atom. The van der Waals surface area contributed by atoms with Gasteiger partial charge in [-0.05, 0) is 18.8 Å². The number of aromatic nitrogens is 2. The van der Waals surface area contributed by atoms with Gasteiger partial charge in [0.25, 0.3) is 0 Å². The first-order valence-corrected chi connectivity index (χ1v) is 6.08. The molecule has 1 aliphatic carbocycles. The number of rotatable bonds is 6. The van der Waals surface area contributed by atoms with Crippen LogP contribution in [0.2, 0.25) is 0 Å². The van der Waals surface area contributed by atoms with Crippen LogP contribution in [0.3, 0.4) is 0 Å². The summed E-state index contributed by atoms with van der Waals surface area (Å²) in [5.41, 5.74) is 0.696. The highest BCUT2D eigenvalue weighted by molar-refractivity contribution is 5.85. The smallest absolute Gasteiger partial charge is 0.326 e. The van der Waals surface area contributed by atoms with E-state index in [1.54, 1.807) is 6.20 Å². The average Bonchev–Trinajstić information content (AvgIpc) is 3.06. The number of H-pyrrole nitrogens is 1. The minimum atomic E-state index is -1.03. The second-order valence-corrected chi connectivity index (χ2v) is 4.81. The number of carboxylic acids is 1. The van der Waals surface area contributed by atoms with Crippen molar-refractivity contribution >= 4 is 11.9 Å². The number of carboxylic acid groups (broad SMARTS) is 1. The number of hydrogen-bond donors (Lipinski definition) is 3. The van der Waals surface area contributed by atoms with Crippen molar-refractivity contribution < 1.29 is 14.7 Å². The topological polar surface area (TPSA) is 95.1 Å². The second-order valence-electron chi connectivity index (χ2n) is 4.81. The maximum atomic E-state index is 11.9. The molecule has 1 saturated carbocycles. The molecule has 1 heterocycles. The molecule has 2 atom stereocenters. The summed E-state index contributed by atoms with van der Waals surface area (Å²) in [5, 5.41) is 11.7. The third kappa shape index (κ3) is 3.09. The van der Waals surface area contributed by atoms with Crippen LogP contribution in [0.15, 0.2) is 12.5 Å². The highest BCUT2D eigenvalue weighted by Gasteiger charge is 2.34. The lowest BCUT2D eigenvalue weighted by atomic mass is 10.0. The Hall–Kier alpha value is -1.85. The number of amides is 1. The molecule has 98 valence electrons. The lowest BCUT2D eigenvalue weighted by Crippen LogP contribution is -2.44. The van der Waals surface area contributed by atoms with Crippen LogP contribution in [0.5, 0.6) is 0 Å². The summed E-state index contributed by atoms with van der Waals surface area (Å²) >= 11 is 0. The van der Waals surface area contributed by atoms with Crippen LogP contribution in [0, 0.1) is 11.8 Å². The van der Waals surface area contributed by atoms with Gasteiger partial charge in [-0.2, -0.15) is 0 Å². The van der Waals surface area contributed by atoms with E-state index in [1.165, 1.54) is 6.33 Å². The molecule has 2 unspecified atom stereocenters. The molecule has 0 aromatic carbocycles. The van der Waals surface area contributed by atoms with Crippen molar-refractivity contribution in [1.29, 1.82) is 0 Å². The second kappa shape index (κ2) is 5.20. The minimum Gasteiger partial charge on any atom is -0.480 e. The van der Waals surface area contributed by atoms with Crippen molar-refractivity contribution in [3.8, 4) is 0 Å². The third-order valence-corrected chi connectivity index (χ3v) is 3.34. The van der Waals surface area contributed by atoms with E-state index < -0.39 is 12.0 Å². The van der Waals surface area contributed by atoms with Crippen molar-refractivity contribution in [2.24, 2.45) is 11.8 Å². The molecular formula is C12H17N3O3. The largest absolute Gasteiger partial charge is 0.480 e. The number of nitrogens with one attached hydrogen (secondary N) is 2. The number of imidazole rings is 1. The van der Waals surface area contributed by atoms with Crippen molar-refractivity contribution in [2.75, 3.05) is 0 Å². The first-order chi connectivity index (χ1) is 8.58. The normalized spacial score (nSPS) is 18.1. The van der Waals surface area contributed by atoms with Gasteiger partial charge in [-0.15, -0.1) is 0 Å². The van der Waals surface area contributed by atoms with Gasteiger partial charge in [0.1, 0.15) is 6.04 Å². The molecule has 1 amide bonds. The predicted octanol–water partition coefficient (Wildman–Crippen LogP) is 0.568. The Kier molecular flexibility index (Phi) is 3.64. The molecule has 18 heavy (non-hydrogen) atoms. The molecule has 6 heteroatoms. The Morgan fingerprint density at radius 3 is 2.83 bits per heavy atom. The Bertz CT molecular complexity index is 426. The highest BCUT2D eigenvalue weighted by atomic mass is 16.4. The lowest BCUT2D eigenvalue weighted by Gasteiger charge is -2.17. The molecule has 2 rings (SSSR count). The van der Waals surface area contributed by atoms with Crippen LogP contribution in [-0.4, -0.2) is 33.0 Å². The summed E-state index contributed by atoms with van der Waals surface area (Å²) in [5.74, 6) is -0.884. The van der Waals surface area contributed by atoms with Crippen LogP contribution in [0.1, 0.15) is 25.5 Å². The van der Waals surface area contributed by atoms with E-state index in [1.807, 2.05) is 6.92 Å². The zero-order chi connectivity index (χ0) is 13.1. The molecule has 1 aliphatic rings. The van der Waals surface area contributed by atoms with Gasteiger partial charge in [-0.25, -0.2) is 9.78 Å². The van der Waals surface area contributed by atoms with Gasteiger partial charge in [0, 0.05) is 24.2 Å². The summed E-state index contributed by atoms with van der Waals surface area (Å²) in [7, 11) is 0. The van der Waals surface area contributed by atoms with Gasteiger partial charge < -0.3 is 15.4 Å². The molecule has 1 aromatic heterocycles. The van der Waals surface area contributed by atoms with Crippen molar-refractivity contribution in [1.82, 2.24) is 15.3 Å². The van der Waals surface area contributed by atoms with E-state index in [0.717, 1.165) is 12.8 Å². The number of aromatic amines is 1. The van der Waals surface area contributed by atoms with E-state index in [4.69, 9.17) is 5.11 Å². The number of nitrogens with zero attached hydrogens (tertiary/aromatic N) is 1. The zero-order valence-corrected chi connectivity index (χ0v) is 10.2. The number of aliphatic carboxylic acids is 1. The number of carbonyl (C=O) groups excluding carboxylic acids is 1. The molecule has 0 saturated heterocycles. The Balaban J connectivity index is 1.93. The van der Waals surface area contributed by atoms with Gasteiger partial charge in [0.2, 0.25) is 5.91 Å². The SMILES string of the molecule is CC(C(=O)NC(Cc1cnc[nH]1)C(=O)O)C1CC1. The summed E-state index contributed by atoms with van der Waals surface area (Å²) in [6, 6.07) is -0.904. The van der Waals surface area contributed by atoms with Gasteiger partial charge in [0.15, 0.2) is 0 Å². The lowest BCUT2D eigenvalue weighted by molar-refractivity contribution is -0.142. The van der Waals surface area contributed by atoms with E-state index in [0.29, 0.717) is 11.6 Å². The first-order valence-electron chi connectivity index (χ1n) is 6.08. The van der Waals surface area contributed by atoms with E-state index in [-0.39, 0.29) is 18.2 Å². The summed E-state index contributed by atoms with van der Waals surface area (Å²) in [6.45, 7) is 1.85. The molecule has 0 bridgehead atoms. The first kappa shape index (κ1) is 12.6. The highest BCUT2D eigenvalue weighted by Crippen LogP contribution is 2.36. The maximum Gasteiger partial charge on any atom is 0.326 e. The molecule has 0 radical (unpaired) electrons. The molecular weight excluding hydrogens is 234 g/mol. The minimum absolute atomic E-state index is 0.103. The van der Waals surface area contributed by atoms with Crippen molar-refractivity contribution in [3.05, 3.63) is 18.2 Å². The van der Waals surface area contributed by atoms with Gasteiger partial charge >= 0.3 is 5.97 Å². The summed E-state index contributed by atoms with van der Waals surface area (Å²) in [4.78, 5) is 29.6. The molecule has 6 nitrogen and oxygen atoms in total. The van der Waals surface area contributed by atoms with Gasteiger partial charge in [0.05, 0.1) is 6.33 Å². The quantitative estimate of drug-likeness (QED) is 0.688. The maximum absolute atomic E-state index is 11.9. The third-order valence-electron chi connectivity index (χ3n) is 3.34. The van der Waals surface area contributed by atoms with Gasteiger partial charge in [-0.1, -0.05) is 6.92 Å². The zero-order valence-electron chi connectivity index (χ0n) is 10.2. The fraction of sp³-hybridized carbons (Fsp3) is 0.583. The number of hydrogen-bond acceptors (Lipinski definition) is 3. The Labute approximate surface area is 105 Å². The van der Waals surface area contributed by atoms with E-state index in [9.17, 15) is 9.59 Å². The molecule has 1 fully saturated rings. The molecule has 1 aromatic rings. The van der Waals surface area contributed by atoms with Crippen LogP contribution < -0.4 is 5.32 Å². The van der Waals surface area contributed by atoms with Crippen LogP contribution in [0.4, 0.5) is 0 Å². The number of carbonyl (C=O) groups is 2. The van der Waals surface area contributed by atoms with Gasteiger partial charge in [-0.3, -0.25) is 4.79 Å². The van der Waals surface area contributed by atoms with Crippen LogP contribution in [0.25, 0.3) is 0 Å². The van der Waals surface area contributed by atoms with E-state index in [2.05, 4.69) is 15.3 Å². The fourth-order valence-corrected chi connectivity index (χ4v) is 1.93. The average molecular weight is 251 g/mol. The summed E-state index contributed by atoms with van der Waals surface area (Å²) in [6.07, 6.45) is 5.40. The predicted molar refractivity (Wildman–Crippen MR) is 63.7 cm³/mol. The van der Waals surface area contributed by atoms with Crippen molar-refractivity contribution in [2.45, 2.75) is 32.2 Å². The molecule has 0 spiro atoms. The standard InChI is InChI=1S/C12H17N3O3/c1-7(8-2-3-8)11(16)15-10(12(17)18)4-9-5-13-6-14-9/h5-8,10H,2-4H2,1H3,(H,13,14)(H,15,16)(H,17,18). The monoisotopic (exact) mass is 251 g/mol.